The molecule has 0 saturated carbocycles. The van der Waals surface area contributed by atoms with Gasteiger partial charge in [-0.2, -0.15) is 0 Å². The van der Waals surface area contributed by atoms with Gasteiger partial charge in [0.2, 0.25) is 5.91 Å². The van der Waals surface area contributed by atoms with Crippen LogP contribution in [-0.2, 0) is 11.2 Å². The number of carbonyl (C=O) groups is 2. The first kappa shape index (κ1) is 13.0. The van der Waals surface area contributed by atoms with Crippen LogP contribution >= 0.6 is 0 Å². The number of imide groups is 1. The fourth-order valence-corrected chi connectivity index (χ4v) is 2.95. The Morgan fingerprint density at radius 3 is 2.80 bits per heavy atom. The van der Waals surface area contributed by atoms with Crippen molar-refractivity contribution in [1.29, 1.82) is 0 Å². The Labute approximate surface area is 118 Å². The molecule has 1 aromatic carbocycles. The second kappa shape index (κ2) is 5.53. The van der Waals surface area contributed by atoms with Crippen LogP contribution in [-0.4, -0.2) is 43.0 Å². The lowest BCUT2D eigenvalue weighted by atomic mass is 10.0. The van der Waals surface area contributed by atoms with Gasteiger partial charge in [-0.3, -0.25) is 9.69 Å². The number of nitrogens with zero attached hydrogens (tertiary/aromatic N) is 2. The molecule has 1 aromatic rings. The van der Waals surface area contributed by atoms with Crippen molar-refractivity contribution in [2.75, 3.05) is 31.1 Å². The van der Waals surface area contributed by atoms with E-state index in [1.165, 1.54) is 22.6 Å². The third-order valence-corrected chi connectivity index (χ3v) is 3.95. The number of benzene rings is 1. The highest BCUT2D eigenvalue weighted by Crippen LogP contribution is 2.26. The zero-order valence-corrected chi connectivity index (χ0v) is 11.5. The summed E-state index contributed by atoms with van der Waals surface area (Å²) in [4.78, 5) is 26.6. The summed E-state index contributed by atoms with van der Waals surface area (Å²) in [6.07, 6.45) is 3.12. The molecule has 1 N–H and O–H groups in total. The first-order valence-electron chi connectivity index (χ1n) is 7.17. The minimum absolute atomic E-state index is 0.117. The molecule has 2 aliphatic rings. The van der Waals surface area contributed by atoms with Crippen LogP contribution in [0, 0.1) is 0 Å². The lowest BCUT2D eigenvalue weighted by Crippen LogP contribution is -2.36. The Hall–Kier alpha value is -2.04. The predicted molar refractivity (Wildman–Crippen MR) is 76.7 cm³/mol. The molecule has 0 bridgehead atoms. The van der Waals surface area contributed by atoms with E-state index in [1.807, 2.05) is 0 Å². The van der Waals surface area contributed by atoms with Gasteiger partial charge in [0.15, 0.2) is 0 Å². The Balaban J connectivity index is 1.57. The van der Waals surface area contributed by atoms with Crippen molar-refractivity contribution in [3.63, 3.8) is 0 Å². The zero-order chi connectivity index (χ0) is 13.9. The molecule has 2 heterocycles. The molecule has 0 radical (unpaired) electrons. The van der Waals surface area contributed by atoms with Crippen molar-refractivity contribution in [3.05, 3.63) is 29.8 Å². The molecule has 0 aromatic heterocycles. The molecule has 1 fully saturated rings. The van der Waals surface area contributed by atoms with E-state index < -0.39 is 0 Å². The van der Waals surface area contributed by atoms with Crippen molar-refractivity contribution in [2.45, 2.75) is 19.3 Å². The summed E-state index contributed by atoms with van der Waals surface area (Å²) in [5.74, 6) is -0.117. The van der Waals surface area contributed by atoms with Gasteiger partial charge in [0, 0.05) is 25.3 Å². The van der Waals surface area contributed by atoms with Crippen molar-refractivity contribution < 1.29 is 9.59 Å². The highest BCUT2D eigenvalue weighted by Gasteiger charge is 2.27. The van der Waals surface area contributed by atoms with Gasteiger partial charge in [0.1, 0.15) is 0 Å². The fraction of sp³-hybridized carbons (Fsp3) is 0.467. The lowest BCUT2D eigenvalue weighted by molar-refractivity contribution is -0.125. The Bertz CT molecular complexity index is 514. The van der Waals surface area contributed by atoms with E-state index in [0.717, 1.165) is 25.9 Å². The monoisotopic (exact) mass is 273 g/mol. The quantitative estimate of drug-likeness (QED) is 0.843. The van der Waals surface area contributed by atoms with Crippen LogP contribution in [0.15, 0.2) is 24.3 Å². The number of urea groups is 1. The number of aryl methyl sites for hydroxylation is 1. The van der Waals surface area contributed by atoms with Crippen LogP contribution < -0.4 is 10.2 Å². The number of fused-ring (bicyclic) bond motifs is 1. The maximum atomic E-state index is 11.5. The number of amides is 3. The average molecular weight is 273 g/mol. The van der Waals surface area contributed by atoms with Crippen molar-refractivity contribution >= 4 is 17.6 Å². The molecule has 106 valence electrons. The Morgan fingerprint density at radius 1 is 1.15 bits per heavy atom. The van der Waals surface area contributed by atoms with Crippen molar-refractivity contribution in [3.8, 4) is 0 Å². The van der Waals surface area contributed by atoms with Gasteiger partial charge < -0.3 is 10.2 Å². The minimum Gasteiger partial charge on any atom is -0.371 e. The van der Waals surface area contributed by atoms with Gasteiger partial charge in [0.05, 0.1) is 6.54 Å². The largest absolute Gasteiger partial charge is 0.371 e. The highest BCUT2D eigenvalue weighted by atomic mass is 16.2. The lowest BCUT2D eigenvalue weighted by Gasteiger charge is -2.31. The van der Waals surface area contributed by atoms with Crippen LogP contribution in [0.2, 0.25) is 0 Å². The maximum Gasteiger partial charge on any atom is 0.324 e. The van der Waals surface area contributed by atoms with E-state index >= 15 is 0 Å². The van der Waals surface area contributed by atoms with Gasteiger partial charge in [-0.25, -0.2) is 4.79 Å². The summed E-state index contributed by atoms with van der Waals surface area (Å²) < 4.78 is 0. The van der Waals surface area contributed by atoms with Gasteiger partial charge in [-0.15, -0.1) is 0 Å². The molecule has 2 aliphatic heterocycles. The molecule has 3 amide bonds. The van der Waals surface area contributed by atoms with Gasteiger partial charge in [-0.1, -0.05) is 18.2 Å². The number of rotatable bonds is 4. The van der Waals surface area contributed by atoms with Gasteiger partial charge in [0.25, 0.3) is 0 Å². The molecule has 5 heteroatoms. The summed E-state index contributed by atoms with van der Waals surface area (Å²) in [6.45, 7) is 2.58. The SMILES string of the molecule is O=C1CNC(=O)N1CCCN1CCCc2ccccc21. The van der Waals surface area contributed by atoms with Crippen molar-refractivity contribution in [2.24, 2.45) is 0 Å². The molecule has 0 atom stereocenters. The summed E-state index contributed by atoms with van der Waals surface area (Å²) in [6, 6.07) is 8.22. The molecule has 3 rings (SSSR count). The van der Waals surface area contributed by atoms with Crippen LogP contribution in [0.1, 0.15) is 18.4 Å². The van der Waals surface area contributed by atoms with E-state index in [4.69, 9.17) is 0 Å². The minimum atomic E-state index is -0.256. The zero-order valence-electron chi connectivity index (χ0n) is 11.5. The highest BCUT2D eigenvalue weighted by molar-refractivity contribution is 6.01. The topological polar surface area (TPSA) is 52.7 Å². The summed E-state index contributed by atoms with van der Waals surface area (Å²) in [7, 11) is 0. The number of carbonyl (C=O) groups excluding carboxylic acids is 2. The van der Waals surface area contributed by atoms with E-state index in [0.29, 0.717) is 6.54 Å². The standard InChI is InChI=1S/C15H19N3O2/c19-14-11-16-15(20)18(14)10-4-9-17-8-3-6-12-5-1-2-7-13(12)17/h1-2,5,7H,3-4,6,8-11H2,(H,16,20). The average Bonchev–Trinajstić information content (AvgIpc) is 2.79. The van der Waals surface area contributed by atoms with Crippen LogP contribution in [0.3, 0.4) is 0 Å². The summed E-state index contributed by atoms with van der Waals surface area (Å²) in [5.41, 5.74) is 2.70. The van der Waals surface area contributed by atoms with Crippen LogP contribution in [0.5, 0.6) is 0 Å². The number of para-hydroxylation sites is 1. The molecule has 0 aliphatic carbocycles. The van der Waals surface area contributed by atoms with E-state index in [9.17, 15) is 9.59 Å². The van der Waals surface area contributed by atoms with E-state index in [2.05, 4.69) is 34.5 Å². The second-order valence-corrected chi connectivity index (χ2v) is 5.28. The third-order valence-electron chi connectivity index (χ3n) is 3.95. The number of anilines is 1. The van der Waals surface area contributed by atoms with Crippen LogP contribution in [0.4, 0.5) is 10.5 Å². The predicted octanol–water partition coefficient (Wildman–Crippen LogP) is 1.38. The van der Waals surface area contributed by atoms with Crippen molar-refractivity contribution in [1.82, 2.24) is 10.2 Å². The normalized spacial score (nSPS) is 18.2. The summed E-state index contributed by atoms with van der Waals surface area (Å²) in [5, 5.41) is 2.55. The first-order chi connectivity index (χ1) is 9.75. The molecular weight excluding hydrogens is 254 g/mol. The molecule has 1 saturated heterocycles. The number of hydrogen-bond acceptors (Lipinski definition) is 3. The molecular formula is C15H19N3O2. The molecule has 0 spiro atoms. The number of hydrogen-bond donors (Lipinski definition) is 1. The van der Waals surface area contributed by atoms with E-state index in [1.54, 1.807) is 0 Å². The van der Waals surface area contributed by atoms with E-state index in [-0.39, 0.29) is 18.5 Å². The summed E-state index contributed by atoms with van der Waals surface area (Å²) >= 11 is 0. The fourth-order valence-electron chi connectivity index (χ4n) is 2.95. The van der Waals surface area contributed by atoms with Gasteiger partial charge in [-0.05, 0) is 30.9 Å². The second-order valence-electron chi connectivity index (χ2n) is 5.28. The molecule has 20 heavy (non-hydrogen) atoms. The maximum absolute atomic E-state index is 11.5. The first-order valence-corrected chi connectivity index (χ1v) is 7.17. The number of nitrogens with one attached hydrogen (secondary N) is 1. The Morgan fingerprint density at radius 2 is 2.00 bits per heavy atom. The van der Waals surface area contributed by atoms with Gasteiger partial charge >= 0.3 is 6.03 Å². The Kier molecular flexibility index (Phi) is 3.58. The van der Waals surface area contributed by atoms with Crippen LogP contribution in [0.25, 0.3) is 0 Å². The molecule has 5 nitrogen and oxygen atoms in total. The smallest absolute Gasteiger partial charge is 0.324 e. The molecule has 0 unspecified atom stereocenters. The third kappa shape index (κ3) is 2.48.